The van der Waals surface area contributed by atoms with Crippen molar-refractivity contribution < 1.29 is 14.8 Å². The molecule has 1 N–H and O–H groups in total. The van der Waals surface area contributed by atoms with Gasteiger partial charge in [0.2, 0.25) is 0 Å². The fourth-order valence-electron chi connectivity index (χ4n) is 1.83. The summed E-state index contributed by atoms with van der Waals surface area (Å²) < 4.78 is 1.44. The summed E-state index contributed by atoms with van der Waals surface area (Å²) in [5.74, 6) is -0.616. The number of carboxylic acid groups (broad SMARTS) is 1. The van der Waals surface area contributed by atoms with E-state index in [0.717, 1.165) is 0 Å². The van der Waals surface area contributed by atoms with Crippen LogP contribution in [0.25, 0.3) is 0 Å². The molecule has 7 nitrogen and oxygen atoms in total. The highest BCUT2D eigenvalue weighted by Gasteiger charge is 2.18. The Morgan fingerprint density at radius 3 is 2.79 bits per heavy atom. The van der Waals surface area contributed by atoms with Crippen LogP contribution in [0.4, 0.5) is 5.69 Å². The van der Waals surface area contributed by atoms with E-state index in [1.165, 1.54) is 16.8 Å². The van der Waals surface area contributed by atoms with Gasteiger partial charge in [0.05, 0.1) is 17.7 Å². The van der Waals surface area contributed by atoms with Crippen molar-refractivity contribution in [3.8, 4) is 0 Å². The lowest BCUT2D eigenvalue weighted by molar-refractivity contribution is -0.385. The van der Waals surface area contributed by atoms with Crippen LogP contribution in [0.15, 0.2) is 30.5 Å². The lowest BCUT2D eigenvalue weighted by Crippen LogP contribution is -2.11. The van der Waals surface area contributed by atoms with Gasteiger partial charge >= 0.3 is 5.97 Å². The summed E-state index contributed by atoms with van der Waals surface area (Å²) in [5, 5.41) is 20.0. The molecule has 0 aliphatic rings. The first-order chi connectivity index (χ1) is 9.00. The van der Waals surface area contributed by atoms with E-state index in [-0.39, 0.29) is 17.9 Å². The van der Waals surface area contributed by atoms with Gasteiger partial charge in [0.1, 0.15) is 11.5 Å². The van der Waals surface area contributed by atoms with Crippen molar-refractivity contribution in [3.63, 3.8) is 0 Å². The molecule has 2 aromatic rings. The Balaban J connectivity index is 2.45. The summed E-state index contributed by atoms with van der Waals surface area (Å²) in [4.78, 5) is 25.4. The number of hydrogen-bond acceptors (Lipinski definition) is 4. The molecule has 19 heavy (non-hydrogen) atoms. The van der Waals surface area contributed by atoms with E-state index in [9.17, 15) is 14.9 Å². The van der Waals surface area contributed by atoms with Crippen LogP contribution >= 0.6 is 0 Å². The predicted octanol–water partition coefficient (Wildman–Crippen LogP) is 1.85. The summed E-state index contributed by atoms with van der Waals surface area (Å²) in [7, 11) is 0. The van der Waals surface area contributed by atoms with E-state index in [1.807, 2.05) is 0 Å². The van der Waals surface area contributed by atoms with Gasteiger partial charge in [0.25, 0.3) is 5.69 Å². The minimum Gasteiger partial charge on any atom is -0.477 e. The third kappa shape index (κ3) is 2.44. The van der Waals surface area contributed by atoms with Crippen molar-refractivity contribution in [2.75, 3.05) is 0 Å². The maximum Gasteiger partial charge on any atom is 0.354 e. The average Bonchev–Trinajstić information content (AvgIpc) is 2.72. The highest BCUT2D eigenvalue weighted by atomic mass is 16.6. The van der Waals surface area contributed by atoms with Gasteiger partial charge in [-0.25, -0.2) is 9.78 Å². The third-order valence-corrected chi connectivity index (χ3v) is 2.79. The van der Waals surface area contributed by atoms with Crippen LogP contribution in [-0.4, -0.2) is 25.6 Å². The predicted molar refractivity (Wildman–Crippen MR) is 66.1 cm³/mol. The second-order valence-corrected chi connectivity index (χ2v) is 3.97. The summed E-state index contributed by atoms with van der Waals surface area (Å²) in [6.07, 6.45) is 1.24. The maximum atomic E-state index is 11.0. The molecule has 1 aromatic heterocycles. The standard InChI is InChI=1S/C12H11N3O4/c1-8-13-6-11(12(16)17)14(8)7-9-4-2-3-5-10(9)15(18)19/h2-6H,7H2,1H3,(H,16,17). The Morgan fingerprint density at radius 1 is 1.47 bits per heavy atom. The highest BCUT2D eigenvalue weighted by molar-refractivity contribution is 5.85. The van der Waals surface area contributed by atoms with Crippen molar-refractivity contribution in [2.45, 2.75) is 13.5 Å². The van der Waals surface area contributed by atoms with Crippen LogP contribution in [0.2, 0.25) is 0 Å². The van der Waals surface area contributed by atoms with Crippen LogP contribution < -0.4 is 0 Å². The summed E-state index contributed by atoms with van der Waals surface area (Å²) >= 11 is 0. The number of aromatic nitrogens is 2. The summed E-state index contributed by atoms with van der Waals surface area (Å²) in [5.41, 5.74) is 0.415. The topological polar surface area (TPSA) is 98.3 Å². The summed E-state index contributed by atoms with van der Waals surface area (Å²) in [6.45, 7) is 1.76. The number of aromatic carboxylic acids is 1. The third-order valence-electron chi connectivity index (χ3n) is 2.79. The lowest BCUT2D eigenvalue weighted by atomic mass is 10.2. The average molecular weight is 261 g/mol. The Labute approximate surface area is 108 Å². The second kappa shape index (κ2) is 4.89. The first-order valence-electron chi connectivity index (χ1n) is 5.48. The van der Waals surface area contributed by atoms with Crippen molar-refractivity contribution in [2.24, 2.45) is 0 Å². The molecule has 2 rings (SSSR count). The molecule has 0 aliphatic carbocycles. The number of imidazole rings is 1. The number of benzene rings is 1. The molecular weight excluding hydrogens is 250 g/mol. The van der Waals surface area contributed by atoms with E-state index in [1.54, 1.807) is 25.1 Å². The molecule has 0 atom stereocenters. The molecule has 0 amide bonds. The second-order valence-electron chi connectivity index (χ2n) is 3.97. The molecular formula is C12H11N3O4. The molecule has 0 saturated carbocycles. The van der Waals surface area contributed by atoms with Crippen LogP contribution in [0, 0.1) is 17.0 Å². The Hall–Kier alpha value is -2.70. The summed E-state index contributed by atoms with van der Waals surface area (Å²) in [6, 6.07) is 6.24. The number of nitro benzene ring substituents is 1. The van der Waals surface area contributed by atoms with E-state index in [4.69, 9.17) is 5.11 Å². The monoisotopic (exact) mass is 261 g/mol. The van der Waals surface area contributed by atoms with Gasteiger partial charge in [-0.2, -0.15) is 0 Å². The van der Waals surface area contributed by atoms with Crippen LogP contribution in [-0.2, 0) is 6.54 Å². The van der Waals surface area contributed by atoms with Crippen molar-refractivity contribution in [1.29, 1.82) is 0 Å². The molecule has 0 bridgehead atoms. The molecule has 1 heterocycles. The fourth-order valence-corrected chi connectivity index (χ4v) is 1.83. The van der Waals surface area contributed by atoms with Gasteiger partial charge in [-0.05, 0) is 6.92 Å². The first kappa shape index (κ1) is 12.7. The number of aryl methyl sites for hydroxylation is 1. The van der Waals surface area contributed by atoms with Gasteiger partial charge in [0.15, 0.2) is 0 Å². The minimum atomic E-state index is -1.11. The van der Waals surface area contributed by atoms with E-state index < -0.39 is 10.9 Å². The number of nitro groups is 1. The zero-order valence-electron chi connectivity index (χ0n) is 10.1. The zero-order chi connectivity index (χ0) is 14.0. The number of nitrogens with zero attached hydrogens (tertiary/aromatic N) is 3. The molecule has 0 spiro atoms. The molecule has 0 unspecified atom stereocenters. The Morgan fingerprint density at radius 2 is 2.16 bits per heavy atom. The SMILES string of the molecule is Cc1ncc(C(=O)O)n1Cc1ccccc1[N+](=O)[O-]. The van der Waals surface area contributed by atoms with Gasteiger partial charge in [-0.1, -0.05) is 18.2 Å². The number of hydrogen-bond donors (Lipinski definition) is 1. The molecule has 7 heteroatoms. The van der Waals surface area contributed by atoms with Gasteiger partial charge < -0.3 is 9.67 Å². The minimum absolute atomic E-state index is 0.00986. The van der Waals surface area contributed by atoms with E-state index in [2.05, 4.69) is 4.98 Å². The highest BCUT2D eigenvalue weighted by Crippen LogP contribution is 2.20. The number of rotatable bonds is 4. The smallest absolute Gasteiger partial charge is 0.354 e. The van der Waals surface area contributed by atoms with E-state index >= 15 is 0 Å². The largest absolute Gasteiger partial charge is 0.477 e. The number of carbonyl (C=O) groups is 1. The molecule has 98 valence electrons. The van der Waals surface area contributed by atoms with Gasteiger partial charge in [0, 0.05) is 11.6 Å². The number of para-hydroxylation sites is 1. The molecule has 0 radical (unpaired) electrons. The molecule has 1 aromatic carbocycles. The normalized spacial score (nSPS) is 10.4. The maximum absolute atomic E-state index is 11.0. The van der Waals surface area contributed by atoms with Crippen LogP contribution in [0.1, 0.15) is 21.9 Å². The van der Waals surface area contributed by atoms with Gasteiger partial charge in [-0.15, -0.1) is 0 Å². The molecule has 0 saturated heterocycles. The lowest BCUT2D eigenvalue weighted by Gasteiger charge is -2.08. The van der Waals surface area contributed by atoms with Crippen LogP contribution in [0.3, 0.4) is 0 Å². The Kier molecular flexibility index (Phi) is 3.28. The van der Waals surface area contributed by atoms with E-state index in [0.29, 0.717) is 11.4 Å². The Bertz CT molecular complexity index is 648. The quantitative estimate of drug-likeness (QED) is 0.668. The van der Waals surface area contributed by atoms with Crippen molar-refractivity contribution in [1.82, 2.24) is 9.55 Å². The van der Waals surface area contributed by atoms with Crippen LogP contribution in [0.5, 0.6) is 0 Å². The van der Waals surface area contributed by atoms with Crippen molar-refractivity contribution >= 4 is 11.7 Å². The zero-order valence-corrected chi connectivity index (χ0v) is 10.1. The molecule has 0 aliphatic heterocycles. The number of carboxylic acids is 1. The molecule has 0 fully saturated rings. The first-order valence-corrected chi connectivity index (χ1v) is 5.48. The van der Waals surface area contributed by atoms with Gasteiger partial charge in [-0.3, -0.25) is 10.1 Å². The fraction of sp³-hybridized carbons (Fsp3) is 0.167. The van der Waals surface area contributed by atoms with Crippen molar-refractivity contribution in [3.05, 3.63) is 57.7 Å².